The van der Waals surface area contributed by atoms with E-state index in [0.717, 1.165) is 25.2 Å². The van der Waals surface area contributed by atoms with E-state index in [-0.39, 0.29) is 5.91 Å². The molecule has 0 unspecified atom stereocenters. The summed E-state index contributed by atoms with van der Waals surface area (Å²) >= 11 is 0. The van der Waals surface area contributed by atoms with Gasteiger partial charge in [-0.3, -0.25) is 9.89 Å². The fourth-order valence-corrected chi connectivity index (χ4v) is 1.69. The Kier molecular flexibility index (Phi) is 4.69. The van der Waals surface area contributed by atoms with Gasteiger partial charge in [0.1, 0.15) is 0 Å². The Balaban J connectivity index is 1.90. The van der Waals surface area contributed by atoms with E-state index in [2.05, 4.69) is 27.8 Å². The van der Waals surface area contributed by atoms with Crippen LogP contribution in [0.2, 0.25) is 0 Å². The first-order valence-corrected chi connectivity index (χ1v) is 6.39. The molecule has 3 N–H and O–H groups in total. The first kappa shape index (κ1) is 13.3. The maximum Gasteiger partial charge on any atom is 0.258 e. The van der Waals surface area contributed by atoms with Crippen LogP contribution >= 0.6 is 0 Å². The number of H-pyrrole nitrogens is 1. The maximum absolute atomic E-state index is 11.8. The van der Waals surface area contributed by atoms with Gasteiger partial charge in [0, 0.05) is 18.4 Å². The molecule has 0 saturated heterocycles. The highest BCUT2D eigenvalue weighted by Crippen LogP contribution is 2.11. The van der Waals surface area contributed by atoms with Crippen LogP contribution in [0.5, 0.6) is 0 Å². The summed E-state index contributed by atoms with van der Waals surface area (Å²) in [5, 5.41) is 12.5. The third kappa shape index (κ3) is 3.93. The number of benzene rings is 1. The third-order valence-corrected chi connectivity index (χ3v) is 2.73. The number of rotatable bonds is 6. The molecular weight excluding hydrogens is 240 g/mol. The minimum atomic E-state index is -0.161. The smallest absolute Gasteiger partial charge is 0.258 e. The number of nitrogens with one attached hydrogen (secondary N) is 3. The van der Waals surface area contributed by atoms with E-state index in [9.17, 15) is 4.79 Å². The predicted molar refractivity (Wildman–Crippen MR) is 75.0 cm³/mol. The first-order valence-electron chi connectivity index (χ1n) is 6.39. The normalized spacial score (nSPS) is 10.4. The van der Waals surface area contributed by atoms with Crippen molar-refractivity contribution in [3.05, 3.63) is 47.8 Å². The van der Waals surface area contributed by atoms with E-state index < -0.39 is 0 Å². The van der Waals surface area contributed by atoms with Crippen molar-refractivity contribution in [2.24, 2.45) is 0 Å². The molecule has 5 heteroatoms. The monoisotopic (exact) mass is 258 g/mol. The van der Waals surface area contributed by atoms with E-state index in [1.165, 1.54) is 11.8 Å². The van der Waals surface area contributed by atoms with Crippen molar-refractivity contribution in [3.63, 3.8) is 0 Å². The predicted octanol–water partition coefficient (Wildman–Crippen LogP) is 2.16. The van der Waals surface area contributed by atoms with E-state index in [1.807, 2.05) is 24.3 Å². The molecule has 0 bridgehead atoms. The molecule has 1 aromatic heterocycles. The SMILES string of the molecule is CCCNCc1ccc(NC(=O)c2cn[nH]c2)cc1. The molecule has 0 aliphatic heterocycles. The van der Waals surface area contributed by atoms with E-state index in [0.29, 0.717) is 5.56 Å². The summed E-state index contributed by atoms with van der Waals surface area (Å²) in [5.41, 5.74) is 2.51. The highest BCUT2D eigenvalue weighted by atomic mass is 16.1. The molecule has 100 valence electrons. The summed E-state index contributed by atoms with van der Waals surface area (Å²) in [5.74, 6) is -0.161. The molecule has 0 radical (unpaired) electrons. The average molecular weight is 258 g/mol. The lowest BCUT2D eigenvalue weighted by Gasteiger charge is -2.06. The number of nitrogens with zero attached hydrogens (tertiary/aromatic N) is 1. The van der Waals surface area contributed by atoms with Crippen LogP contribution in [0, 0.1) is 0 Å². The molecule has 1 aromatic carbocycles. The topological polar surface area (TPSA) is 69.8 Å². The lowest BCUT2D eigenvalue weighted by atomic mass is 10.2. The number of amides is 1. The van der Waals surface area contributed by atoms with Crippen LogP contribution in [0.3, 0.4) is 0 Å². The quantitative estimate of drug-likeness (QED) is 0.695. The van der Waals surface area contributed by atoms with Crippen LogP contribution in [0.1, 0.15) is 29.3 Å². The molecule has 5 nitrogen and oxygen atoms in total. The Morgan fingerprint density at radius 1 is 1.32 bits per heavy atom. The summed E-state index contributed by atoms with van der Waals surface area (Å²) in [6.45, 7) is 4.00. The molecule has 0 atom stereocenters. The zero-order chi connectivity index (χ0) is 13.5. The van der Waals surface area contributed by atoms with Crippen molar-refractivity contribution in [2.75, 3.05) is 11.9 Å². The van der Waals surface area contributed by atoms with Crippen LogP contribution in [0.15, 0.2) is 36.7 Å². The minimum absolute atomic E-state index is 0.161. The number of aromatic nitrogens is 2. The molecule has 0 aliphatic carbocycles. The van der Waals surface area contributed by atoms with Crippen LogP contribution in [0.4, 0.5) is 5.69 Å². The van der Waals surface area contributed by atoms with Gasteiger partial charge in [-0.15, -0.1) is 0 Å². The van der Waals surface area contributed by atoms with Crippen molar-refractivity contribution in [3.8, 4) is 0 Å². The van der Waals surface area contributed by atoms with Gasteiger partial charge in [-0.2, -0.15) is 5.10 Å². The van der Waals surface area contributed by atoms with Crippen molar-refractivity contribution in [1.29, 1.82) is 0 Å². The van der Waals surface area contributed by atoms with Crippen LogP contribution < -0.4 is 10.6 Å². The number of hydrogen-bond donors (Lipinski definition) is 3. The molecule has 0 spiro atoms. The summed E-state index contributed by atoms with van der Waals surface area (Å²) in [7, 11) is 0. The Morgan fingerprint density at radius 3 is 2.74 bits per heavy atom. The van der Waals surface area contributed by atoms with Crippen LogP contribution in [-0.2, 0) is 6.54 Å². The Hall–Kier alpha value is -2.14. The molecule has 1 amide bonds. The Morgan fingerprint density at radius 2 is 2.11 bits per heavy atom. The summed E-state index contributed by atoms with van der Waals surface area (Å²) < 4.78 is 0. The largest absolute Gasteiger partial charge is 0.322 e. The van der Waals surface area contributed by atoms with Crippen molar-refractivity contribution < 1.29 is 4.79 Å². The van der Waals surface area contributed by atoms with Gasteiger partial charge in [0.25, 0.3) is 5.91 Å². The second kappa shape index (κ2) is 6.70. The summed E-state index contributed by atoms with van der Waals surface area (Å²) in [6, 6.07) is 7.82. The van der Waals surface area contributed by atoms with Gasteiger partial charge in [0.2, 0.25) is 0 Å². The standard InChI is InChI=1S/C14H18N4O/c1-2-7-15-8-11-3-5-13(6-4-11)18-14(19)12-9-16-17-10-12/h3-6,9-10,15H,2,7-8H2,1H3,(H,16,17)(H,18,19). The zero-order valence-corrected chi connectivity index (χ0v) is 10.9. The second-order valence-electron chi connectivity index (χ2n) is 4.31. The molecule has 0 fully saturated rings. The van der Waals surface area contributed by atoms with Gasteiger partial charge >= 0.3 is 0 Å². The van der Waals surface area contributed by atoms with Crippen LogP contribution in [0.25, 0.3) is 0 Å². The minimum Gasteiger partial charge on any atom is -0.322 e. The maximum atomic E-state index is 11.8. The number of carbonyl (C=O) groups is 1. The molecule has 0 aliphatic rings. The number of carbonyl (C=O) groups excluding carboxylic acids is 1. The van der Waals surface area contributed by atoms with Crippen molar-refractivity contribution in [1.82, 2.24) is 15.5 Å². The third-order valence-electron chi connectivity index (χ3n) is 2.73. The van der Waals surface area contributed by atoms with Crippen molar-refractivity contribution >= 4 is 11.6 Å². The van der Waals surface area contributed by atoms with E-state index >= 15 is 0 Å². The Bertz CT molecular complexity index is 505. The number of anilines is 1. The zero-order valence-electron chi connectivity index (χ0n) is 10.9. The van der Waals surface area contributed by atoms with Gasteiger partial charge < -0.3 is 10.6 Å². The number of hydrogen-bond acceptors (Lipinski definition) is 3. The fourth-order valence-electron chi connectivity index (χ4n) is 1.69. The fraction of sp³-hybridized carbons (Fsp3) is 0.286. The second-order valence-corrected chi connectivity index (χ2v) is 4.31. The molecular formula is C14H18N4O. The van der Waals surface area contributed by atoms with Crippen molar-refractivity contribution in [2.45, 2.75) is 19.9 Å². The van der Waals surface area contributed by atoms with E-state index in [1.54, 1.807) is 6.20 Å². The average Bonchev–Trinajstić information content (AvgIpc) is 2.95. The van der Waals surface area contributed by atoms with Gasteiger partial charge in [-0.25, -0.2) is 0 Å². The summed E-state index contributed by atoms with van der Waals surface area (Å²) in [6.07, 6.45) is 4.19. The molecule has 0 saturated carbocycles. The lowest BCUT2D eigenvalue weighted by Crippen LogP contribution is -2.14. The first-order chi connectivity index (χ1) is 9.29. The van der Waals surface area contributed by atoms with E-state index in [4.69, 9.17) is 0 Å². The highest BCUT2D eigenvalue weighted by Gasteiger charge is 2.06. The van der Waals surface area contributed by atoms with Gasteiger partial charge in [-0.1, -0.05) is 19.1 Å². The molecule has 1 heterocycles. The van der Waals surface area contributed by atoms with Gasteiger partial charge in [0.15, 0.2) is 0 Å². The summed E-state index contributed by atoms with van der Waals surface area (Å²) in [4.78, 5) is 11.8. The Labute approximate surface area is 112 Å². The van der Waals surface area contributed by atoms with Crippen LogP contribution in [-0.4, -0.2) is 22.6 Å². The van der Waals surface area contributed by atoms with Gasteiger partial charge in [-0.05, 0) is 30.7 Å². The molecule has 2 aromatic rings. The lowest BCUT2D eigenvalue weighted by molar-refractivity contribution is 0.102. The molecule has 19 heavy (non-hydrogen) atoms. The highest BCUT2D eigenvalue weighted by molar-refractivity contribution is 6.03. The molecule has 2 rings (SSSR count). The number of aromatic amines is 1. The van der Waals surface area contributed by atoms with Gasteiger partial charge in [0.05, 0.1) is 11.8 Å².